The van der Waals surface area contributed by atoms with Crippen LogP contribution in [-0.2, 0) is 12.8 Å². The van der Waals surface area contributed by atoms with Crippen LogP contribution in [0, 0.1) is 0 Å². The molecule has 2 aromatic carbocycles. The lowest BCUT2D eigenvalue weighted by atomic mass is 10.0. The predicted molar refractivity (Wildman–Crippen MR) is 76.8 cm³/mol. The molecule has 0 aromatic heterocycles. The van der Waals surface area contributed by atoms with E-state index in [1.54, 1.807) is 6.92 Å². The molecular weight excluding hydrogens is 293 g/mol. The molecule has 0 atom stereocenters. The maximum Gasteiger partial charge on any atom is 0.416 e. The normalized spacial score (nSPS) is 11.3. The monoisotopic (exact) mass is 308 g/mol. The summed E-state index contributed by atoms with van der Waals surface area (Å²) in [7, 11) is 0. The van der Waals surface area contributed by atoms with Gasteiger partial charge in [0.05, 0.1) is 5.56 Å². The van der Waals surface area contributed by atoms with Gasteiger partial charge < -0.3 is 4.74 Å². The van der Waals surface area contributed by atoms with Crippen molar-refractivity contribution in [2.24, 2.45) is 0 Å². The topological polar surface area (TPSA) is 26.3 Å². The maximum atomic E-state index is 12.9. The quantitative estimate of drug-likeness (QED) is 0.736. The van der Waals surface area contributed by atoms with Crippen molar-refractivity contribution in [1.29, 1.82) is 0 Å². The van der Waals surface area contributed by atoms with Crippen LogP contribution in [0.25, 0.3) is 0 Å². The van der Waals surface area contributed by atoms with E-state index in [1.165, 1.54) is 6.07 Å². The second kappa shape index (κ2) is 6.64. The minimum Gasteiger partial charge on any atom is -0.489 e. The molecule has 0 bridgehead atoms. The first-order chi connectivity index (χ1) is 10.4. The van der Waals surface area contributed by atoms with Crippen LogP contribution < -0.4 is 4.74 Å². The first-order valence-electron chi connectivity index (χ1n) is 6.82. The molecular formula is C17H15F3O2. The molecule has 22 heavy (non-hydrogen) atoms. The summed E-state index contributed by atoms with van der Waals surface area (Å²) in [5, 5.41) is 0. The molecule has 0 radical (unpaired) electrons. The highest BCUT2D eigenvalue weighted by molar-refractivity contribution is 5.96. The standard InChI is InChI=1S/C17H15F3O2/c1-2-16(21)13-8-14(17(18,19)20)10-15(9-13)22-11-12-6-4-3-5-7-12/h3-10H,2,11H2,1H3. The molecule has 0 aliphatic heterocycles. The van der Waals surface area contributed by atoms with Crippen LogP contribution in [0.15, 0.2) is 48.5 Å². The number of benzene rings is 2. The zero-order valence-electron chi connectivity index (χ0n) is 12.0. The molecule has 5 heteroatoms. The SMILES string of the molecule is CCC(=O)c1cc(OCc2ccccc2)cc(C(F)(F)F)c1. The molecule has 0 saturated heterocycles. The van der Waals surface area contributed by atoms with E-state index in [9.17, 15) is 18.0 Å². The number of alkyl halides is 3. The summed E-state index contributed by atoms with van der Waals surface area (Å²) < 4.78 is 44.1. The van der Waals surface area contributed by atoms with Crippen LogP contribution in [-0.4, -0.2) is 5.78 Å². The Labute approximate surface area is 126 Å². The van der Waals surface area contributed by atoms with E-state index >= 15 is 0 Å². The maximum absolute atomic E-state index is 12.9. The first-order valence-corrected chi connectivity index (χ1v) is 6.82. The Morgan fingerprint density at radius 2 is 1.77 bits per heavy atom. The smallest absolute Gasteiger partial charge is 0.416 e. The summed E-state index contributed by atoms with van der Waals surface area (Å²) in [6, 6.07) is 12.2. The minimum absolute atomic E-state index is 0.0142. The summed E-state index contributed by atoms with van der Waals surface area (Å²) in [6.45, 7) is 1.75. The fraction of sp³-hybridized carbons (Fsp3) is 0.235. The minimum atomic E-state index is -4.52. The van der Waals surface area contributed by atoms with Gasteiger partial charge in [-0.25, -0.2) is 0 Å². The van der Waals surface area contributed by atoms with Crippen LogP contribution in [0.2, 0.25) is 0 Å². The number of carbonyl (C=O) groups excluding carboxylic acids is 1. The Kier molecular flexibility index (Phi) is 4.85. The van der Waals surface area contributed by atoms with E-state index in [4.69, 9.17) is 4.74 Å². The number of rotatable bonds is 5. The summed E-state index contributed by atoms with van der Waals surface area (Å²) in [4.78, 5) is 11.7. The van der Waals surface area contributed by atoms with E-state index in [0.29, 0.717) is 0 Å². The largest absolute Gasteiger partial charge is 0.489 e. The Balaban J connectivity index is 2.27. The van der Waals surface area contributed by atoms with Crippen LogP contribution in [0.3, 0.4) is 0 Å². The summed E-state index contributed by atoms with van der Waals surface area (Å²) in [5.41, 5.74) is -0.0291. The number of Topliss-reactive ketones (excluding diaryl/α,β-unsaturated/α-hetero) is 1. The lowest BCUT2D eigenvalue weighted by Gasteiger charge is -2.12. The second-order valence-electron chi connectivity index (χ2n) is 4.79. The third-order valence-corrected chi connectivity index (χ3v) is 3.13. The van der Waals surface area contributed by atoms with Crippen molar-refractivity contribution in [2.75, 3.05) is 0 Å². The summed E-state index contributed by atoms with van der Waals surface area (Å²) in [5.74, 6) is -0.314. The molecule has 0 saturated carbocycles. The molecule has 0 heterocycles. The van der Waals surface area contributed by atoms with Crippen molar-refractivity contribution in [2.45, 2.75) is 26.1 Å². The van der Waals surface area contributed by atoms with Crippen LogP contribution in [0.5, 0.6) is 5.75 Å². The zero-order chi connectivity index (χ0) is 16.2. The molecule has 0 aliphatic rings. The fourth-order valence-electron chi connectivity index (χ4n) is 1.95. The molecule has 0 spiro atoms. The Hall–Kier alpha value is -2.30. The number of ether oxygens (including phenoxy) is 1. The third kappa shape index (κ3) is 4.10. The highest BCUT2D eigenvalue weighted by Crippen LogP contribution is 2.33. The summed E-state index contributed by atoms with van der Waals surface area (Å²) >= 11 is 0. The number of carbonyl (C=O) groups is 1. The Morgan fingerprint density at radius 3 is 2.36 bits per heavy atom. The molecule has 0 fully saturated rings. The molecule has 0 unspecified atom stereocenters. The van der Waals surface area contributed by atoms with Crippen LogP contribution >= 0.6 is 0 Å². The number of halogens is 3. The van der Waals surface area contributed by atoms with Gasteiger partial charge in [0, 0.05) is 12.0 Å². The number of hydrogen-bond donors (Lipinski definition) is 0. The first kappa shape index (κ1) is 16.1. The van der Waals surface area contributed by atoms with Crippen molar-refractivity contribution >= 4 is 5.78 Å². The van der Waals surface area contributed by atoms with Gasteiger partial charge in [-0.1, -0.05) is 37.3 Å². The van der Waals surface area contributed by atoms with Crippen molar-refractivity contribution in [3.8, 4) is 5.75 Å². The molecule has 116 valence electrons. The number of hydrogen-bond acceptors (Lipinski definition) is 2. The van der Waals surface area contributed by atoms with Gasteiger partial charge in [-0.15, -0.1) is 0 Å². The van der Waals surface area contributed by atoms with E-state index in [0.717, 1.165) is 17.7 Å². The van der Waals surface area contributed by atoms with Crippen molar-refractivity contribution < 1.29 is 22.7 Å². The van der Waals surface area contributed by atoms with Gasteiger partial charge in [-0.05, 0) is 23.8 Å². The van der Waals surface area contributed by atoms with Crippen molar-refractivity contribution in [1.82, 2.24) is 0 Å². The Morgan fingerprint density at radius 1 is 1.09 bits per heavy atom. The lowest BCUT2D eigenvalue weighted by molar-refractivity contribution is -0.137. The average Bonchev–Trinajstić information content (AvgIpc) is 2.52. The van der Waals surface area contributed by atoms with Gasteiger partial charge in [-0.3, -0.25) is 4.79 Å². The van der Waals surface area contributed by atoms with Gasteiger partial charge in [0.25, 0.3) is 0 Å². The van der Waals surface area contributed by atoms with Crippen molar-refractivity contribution in [3.05, 3.63) is 65.2 Å². The van der Waals surface area contributed by atoms with Gasteiger partial charge >= 0.3 is 6.18 Å². The third-order valence-electron chi connectivity index (χ3n) is 3.13. The Bertz CT molecular complexity index is 649. The van der Waals surface area contributed by atoms with Gasteiger partial charge in [0.1, 0.15) is 12.4 Å². The van der Waals surface area contributed by atoms with Crippen LogP contribution in [0.1, 0.15) is 34.8 Å². The average molecular weight is 308 g/mol. The second-order valence-corrected chi connectivity index (χ2v) is 4.79. The molecule has 2 nitrogen and oxygen atoms in total. The van der Waals surface area contributed by atoms with E-state index in [-0.39, 0.29) is 30.1 Å². The fourth-order valence-corrected chi connectivity index (χ4v) is 1.95. The van der Waals surface area contributed by atoms with Crippen molar-refractivity contribution in [3.63, 3.8) is 0 Å². The molecule has 0 aliphatic carbocycles. The molecule has 0 amide bonds. The van der Waals surface area contributed by atoms with Gasteiger partial charge in [-0.2, -0.15) is 13.2 Å². The van der Waals surface area contributed by atoms with Gasteiger partial charge in [0.15, 0.2) is 5.78 Å². The van der Waals surface area contributed by atoms with Gasteiger partial charge in [0.2, 0.25) is 0 Å². The van der Waals surface area contributed by atoms with E-state index < -0.39 is 11.7 Å². The lowest BCUT2D eigenvalue weighted by Crippen LogP contribution is -2.08. The molecule has 2 aromatic rings. The van der Waals surface area contributed by atoms with E-state index in [1.807, 2.05) is 30.3 Å². The van der Waals surface area contributed by atoms with E-state index in [2.05, 4.69) is 0 Å². The van der Waals surface area contributed by atoms with Crippen LogP contribution in [0.4, 0.5) is 13.2 Å². The summed E-state index contributed by atoms with van der Waals surface area (Å²) in [6.07, 6.45) is -4.38. The predicted octanol–water partition coefficient (Wildman–Crippen LogP) is 4.88. The number of ketones is 1. The molecule has 2 rings (SSSR count). The zero-order valence-corrected chi connectivity index (χ0v) is 12.0. The highest BCUT2D eigenvalue weighted by Gasteiger charge is 2.32. The molecule has 0 N–H and O–H groups in total. The highest BCUT2D eigenvalue weighted by atomic mass is 19.4.